The SMILES string of the molecule is CCCC1CCCN(c2cc(C)c(N)cc2Br)CC1. The van der Waals surface area contributed by atoms with Crippen molar-refractivity contribution >= 4 is 27.3 Å². The number of hydrogen-bond donors (Lipinski definition) is 1. The van der Waals surface area contributed by atoms with Crippen LogP contribution in [0.3, 0.4) is 0 Å². The summed E-state index contributed by atoms with van der Waals surface area (Å²) in [7, 11) is 0. The first-order valence-corrected chi connectivity index (χ1v) is 8.21. The lowest BCUT2D eigenvalue weighted by atomic mass is 9.96. The van der Waals surface area contributed by atoms with Crippen LogP contribution in [0, 0.1) is 12.8 Å². The van der Waals surface area contributed by atoms with Gasteiger partial charge in [-0.05, 0) is 65.7 Å². The van der Waals surface area contributed by atoms with Gasteiger partial charge in [0.1, 0.15) is 0 Å². The maximum absolute atomic E-state index is 5.96. The standard InChI is InChI=1S/C16H25BrN2/c1-3-5-13-6-4-8-19(9-7-13)16-10-12(2)15(18)11-14(16)17/h10-11,13H,3-9,18H2,1-2H3. The average molecular weight is 325 g/mol. The van der Waals surface area contributed by atoms with E-state index in [9.17, 15) is 0 Å². The van der Waals surface area contributed by atoms with Crippen molar-refractivity contribution < 1.29 is 0 Å². The zero-order chi connectivity index (χ0) is 13.8. The lowest BCUT2D eigenvalue weighted by Gasteiger charge is -2.25. The Kier molecular flexibility index (Phi) is 5.14. The minimum atomic E-state index is 0.870. The molecular weight excluding hydrogens is 300 g/mol. The highest BCUT2D eigenvalue weighted by molar-refractivity contribution is 9.10. The van der Waals surface area contributed by atoms with Gasteiger partial charge in [-0.2, -0.15) is 0 Å². The summed E-state index contributed by atoms with van der Waals surface area (Å²) in [6, 6.07) is 4.26. The van der Waals surface area contributed by atoms with Crippen LogP contribution >= 0.6 is 15.9 Å². The topological polar surface area (TPSA) is 29.3 Å². The van der Waals surface area contributed by atoms with E-state index in [1.807, 2.05) is 6.07 Å². The molecular formula is C16H25BrN2. The van der Waals surface area contributed by atoms with Crippen LogP contribution in [0.5, 0.6) is 0 Å². The second-order valence-electron chi connectivity index (χ2n) is 5.73. The van der Waals surface area contributed by atoms with Crippen molar-refractivity contribution in [3.8, 4) is 0 Å². The third kappa shape index (κ3) is 3.65. The molecule has 0 bridgehead atoms. The first-order valence-electron chi connectivity index (χ1n) is 7.42. The molecule has 1 atom stereocenters. The molecule has 2 rings (SSSR count). The third-order valence-corrected chi connectivity index (χ3v) is 4.86. The van der Waals surface area contributed by atoms with Crippen LogP contribution in [0.1, 0.15) is 44.6 Å². The van der Waals surface area contributed by atoms with Gasteiger partial charge in [-0.25, -0.2) is 0 Å². The minimum Gasteiger partial charge on any atom is -0.398 e. The summed E-state index contributed by atoms with van der Waals surface area (Å²) in [5, 5.41) is 0. The number of rotatable bonds is 3. The molecule has 1 aliphatic heterocycles. The van der Waals surface area contributed by atoms with Gasteiger partial charge < -0.3 is 10.6 Å². The van der Waals surface area contributed by atoms with E-state index >= 15 is 0 Å². The molecule has 1 unspecified atom stereocenters. The molecule has 1 heterocycles. The van der Waals surface area contributed by atoms with E-state index in [0.29, 0.717) is 0 Å². The number of nitrogens with two attached hydrogens (primary N) is 1. The lowest BCUT2D eigenvalue weighted by Crippen LogP contribution is -2.24. The summed E-state index contributed by atoms with van der Waals surface area (Å²) in [6.45, 7) is 6.72. The first-order chi connectivity index (χ1) is 9.11. The highest BCUT2D eigenvalue weighted by Gasteiger charge is 2.18. The van der Waals surface area contributed by atoms with Crippen molar-refractivity contribution in [1.82, 2.24) is 0 Å². The van der Waals surface area contributed by atoms with Gasteiger partial charge in [-0.15, -0.1) is 0 Å². The van der Waals surface area contributed by atoms with Gasteiger partial charge in [0.05, 0.1) is 5.69 Å². The summed E-state index contributed by atoms with van der Waals surface area (Å²) >= 11 is 3.67. The van der Waals surface area contributed by atoms with E-state index in [-0.39, 0.29) is 0 Å². The van der Waals surface area contributed by atoms with Gasteiger partial charge in [0.15, 0.2) is 0 Å². The molecule has 2 nitrogen and oxygen atoms in total. The molecule has 19 heavy (non-hydrogen) atoms. The number of nitrogen functional groups attached to an aromatic ring is 1. The normalized spacial score (nSPS) is 20.4. The Morgan fingerprint density at radius 1 is 1.32 bits per heavy atom. The fourth-order valence-corrected chi connectivity index (χ4v) is 3.64. The smallest absolute Gasteiger partial charge is 0.0514 e. The highest BCUT2D eigenvalue weighted by Crippen LogP contribution is 2.33. The molecule has 0 amide bonds. The van der Waals surface area contributed by atoms with Crippen molar-refractivity contribution in [2.45, 2.75) is 46.0 Å². The zero-order valence-corrected chi connectivity index (χ0v) is 13.7. The van der Waals surface area contributed by atoms with Crippen LogP contribution in [0.25, 0.3) is 0 Å². The van der Waals surface area contributed by atoms with Gasteiger partial charge >= 0.3 is 0 Å². The van der Waals surface area contributed by atoms with Gasteiger partial charge in [0.2, 0.25) is 0 Å². The van der Waals surface area contributed by atoms with E-state index in [2.05, 4.69) is 40.7 Å². The summed E-state index contributed by atoms with van der Waals surface area (Å²) in [5.74, 6) is 0.920. The Balaban J connectivity index is 2.12. The Morgan fingerprint density at radius 2 is 2.11 bits per heavy atom. The Morgan fingerprint density at radius 3 is 2.84 bits per heavy atom. The number of hydrogen-bond acceptors (Lipinski definition) is 2. The van der Waals surface area contributed by atoms with E-state index in [0.717, 1.165) is 16.1 Å². The van der Waals surface area contributed by atoms with Crippen molar-refractivity contribution in [1.29, 1.82) is 0 Å². The van der Waals surface area contributed by atoms with Crippen LogP contribution in [0.15, 0.2) is 16.6 Å². The van der Waals surface area contributed by atoms with Gasteiger partial charge in [0, 0.05) is 23.2 Å². The zero-order valence-electron chi connectivity index (χ0n) is 12.1. The second-order valence-corrected chi connectivity index (χ2v) is 6.59. The predicted molar refractivity (Wildman–Crippen MR) is 87.8 cm³/mol. The monoisotopic (exact) mass is 324 g/mol. The van der Waals surface area contributed by atoms with Crippen molar-refractivity contribution in [3.05, 3.63) is 22.2 Å². The molecule has 1 aromatic carbocycles. The predicted octanol–water partition coefficient (Wildman–Crippen LogP) is 4.75. The maximum Gasteiger partial charge on any atom is 0.0514 e. The minimum absolute atomic E-state index is 0.870. The van der Waals surface area contributed by atoms with Crippen LogP contribution in [0.2, 0.25) is 0 Å². The molecule has 1 fully saturated rings. The van der Waals surface area contributed by atoms with E-state index in [1.165, 1.54) is 56.4 Å². The molecule has 0 spiro atoms. The summed E-state index contributed by atoms with van der Waals surface area (Å²) in [6.07, 6.45) is 6.71. The molecule has 0 aromatic heterocycles. The second kappa shape index (κ2) is 6.65. The Bertz CT molecular complexity index is 431. The maximum atomic E-state index is 5.96. The van der Waals surface area contributed by atoms with Crippen molar-refractivity contribution in [2.75, 3.05) is 23.7 Å². The van der Waals surface area contributed by atoms with Gasteiger partial charge in [-0.3, -0.25) is 0 Å². The van der Waals surface area contributed by atoms with Crippen molar-refractivity contribution in [2.24, 2.45) is 5.92 Å². The number of aryl methyl sites for hydroxylation is 1. The average Bonchev–Trinajstić information content (AvgIpc) is 2.60. The molecule has 1 saturated heterocycles. The Labute approximate surface area is 125 Å². The molecule has 1 aliphatic rings. The molecule has 0 radical (unpaired) electrons. The Hall–Kier alpha value is -0.700. The highest BCUT2D eigenvalue weighted by atomic mass is 79.9. The van der Waals surface area contributed by atoms with Crippen LogP contribution < -0.4 is 10.6 Å². The largest absolute Gasteiger partial charge is 0.398 e. The first kappa shape index (κ1) is 14.7. The molecule has 106 valence electrons. The van der Waals surface area contributed by atoms with E-state index in [1.54, 1.807) is 0 Å². The fraction of sp³-hybridized carbons (Fsp3) is 0.625. The van der Waals surface area contributed by atoms with E-state index in [4.69, 9.17) is 5.73 Å². The lowest BCUT2D eigenvalue weighted by molar-refractivity contribution is 0.435. The van der Waals surface area contributed by atoms with Gasteiger partial charge in [-0.1, -0.05) is 19.8 Å². The quantitative estimate of drug-likeness (QED) is 0.813. The molecule has 2 N–H and O–H groups in total. The summed E-state index contributed by atoms with van der Waals surface area (Å²) in [4.78, 5) is 2.52. The third-order valence-electron chi connectivity index (χ3n) is 4.22. The fourth-order valence-electron chi connectivity index (χ4n) is 3.03. The molecule has 0 aliphatic carbocycles. The van der Waals surface area contributed by atoms with E-state index < -0.39 is 0 Å². The summed E-state index contributed by atoms with van der Waals surface area (Å²) in [5.41, 5.74) is 9.32. The molecule has 1 aromatic rings. The molecule has 0 saturated carbocycles. The summed E-state index contributed by atoms with van der Waals surface area (Å²) < 4.78 is 1.13. The number of anilines is 2. The van der Waals surface area contributed by atoms with Crippen LogP contribution in [-0.4, -0.2) is 13.1 Å². The number of halogens is 1. The molecule has 3 heteroatoms. The van der Waals surface area contributed by atoms with Crippen LogP contribution in [0.4, 0.5) is 11.4 Å². The number of benzene rings is 1. The van der Waals surface area contributed by atoms with Crippen molar-refractivity contribution in [3.63, 3.8) is 0 Å². The van der Waals surface area contributed by atoms with Gasteiger partial charge in [0.25, 0.3) is 0 Å². The van der Waals surface area contributed by atoms with Crippen LogP contribution in [-0.2, 0) is 0 Å². The number of nitrogens with zero attached hydrogens (tertiary/aromatic N) is 1.